The van der Waals surface area contributed by atoms with Gasteiger partial charge in [-0.15, -0.1) is 0 Å². The number of aliphatic hydroxyl groups excluding tert-OH is 1. The summed E-state index contributed by atoms with van der Waals surface area (Å²) in [5, 5.41) is 12.8. The fourth-order valence-electron chi connectivity index (χ4n) is 2.99. The van der Waals surface area contributed by atoms with Gasteiger partial charge in [-0.05, 0) is 37.1 Å². The highest BCUT2D eigenvalue weighted by molar-refractivity contribution is 5.98. The largest absolute Gasteiger partial charge is 0.391 e. The summed E-state index contributed by atoms with van der Waals surface area (Å²) in [7, 11) is 0. The third-order valence-corrected chi connectivity index (χ3v) is 3.97. The molecule has 2 rings (SSSR count). The van der Waals surface area contributed by atoms with Gasteiger partial charge < -0.3 is 15.3 Å². The number of nitrogens with zero attached hydrogens (tertiary/aromatic N) is 1. The second kappa shape index (κ2) is 6.32. The molecule has 2 atom stereocenters. The Hall–Kier alpha value is -1.88. The van der Waals surface area contributed by atoms with Crippen molar-refractivity contribution in [2.24, 2.45) is 5.41 Å². The fourth-order valence-corrected chi connectivity index (χ4v) is 2.99. The van der Waals surface area contributed by atoms with Gasteiger partial charge >= 0.3 is 0 Å². The maximum atomic E-state index is 12.6. The van der Waals surface area contributed by atoms with Gasteiger partial charge in [-0.3, -0.25) is 9.59 Å². The van der Waals surface area contributed by atoms with Crippen molar-refractivity contribution in [3.05, 3.63) is 29.3 Å². The first kappa shape index (κ1) is 17.5. The number of benzene rings is 1. The lowest BCUT2D eigenvalue weighted by Gasteiger charge is -2.30. The molecule has 0 saturated carbocycles. The second-order valence-electron chi connectivity index (χ2n) is 7.48. The van der Waals surface area contributed by atoms with Crippen molar-refractivity contribution in [1.82, 2.24) is 4.90 Å². The van der Waals surface area contributed by atoms with Gasteiger partial charge in [0.1, 0.15) is 6.04 Å². The van der Waals surface area contributed by atoms with Crippen LogP contribution in [0.5, 0.6) is 0 Å². The molecule has 0 aliphatic carbocycles. The predicted octanol–water partition coefficient (Wildman–Crippen LogP) is 2.25. The Kier molecular flexibility index (Phi) is 4.80. The number of rotatable bonds is 2. The van der Waals surface area contributed by atoms with Crippen molar-refractivity contribution >= 4 is 17.5 Å². The maximum absolute atomic E-state index is 12.6. The van der Waals surface area contributed by atoms with Crippen LogP contribution in [0.25, 0.3) is 0 Å². The number of hydrogen-bond acceptors (Lipinski definition) is 3. The summed E-state index contributed by atoms with van der Waals surface area (Å²) in [6, 6.07) is 5.19. The van der Waals surface area contributed by atoms with Gasteiger partial charge in [-0.25, -0.2) is 0 Å². The summed E-state index contributed by atoms with van der Waals surface area (Å²) in [6.45, 7) is 9.60. The molecule has 0 radical (unpaired) electrons. The second-order valence-corrected chi connectivity index (χ2v) is 7.48. The predicted molar refractivity (Wildman–Crippen MR) is 90.1 cm³/mol. The summed E-state index contributed by atoms with van der Waals surface area (Å²) >= 11 is 0. The highest BCUT2D eigenvalue weighted by Gasteiger charge is 2.42. The third-order valence-electron chi connectivity index (χ3n) is 3.97. The average molecular weight is 318 g/mol. The number of carbonyl (C=O) groups excluding carboxylic acids is 2. The SMILES string of the molecule is Cc1cc(C)cc(NC(=O)[C@H]2C[C@H](O)CN2C(=O)C(C)(C)C)c1. The molecule has 0 bridgehead atoms. The third kappa shape index (κ3) is 4.10. The van der Waals surface area contributed by atoms with E-state index in [0.717, 1.165) is 16.8 Å². The van der Waals surface area contributed by atoms with E-state index >= 15 is 0 Å². The Bertz CT molecular complexity index is 599. The number of aryl methyl sites for hydroxylation is 2. The molecule has 1 aliphatic heterocycles. The van der Waals surface area contributed by atoms with Crippen LogP contribution in [0, 0.1) is 19.3 Å². The fraction of sp³-hybridized carbons (Fsp3) is 0.556. The van der Waals surface area contributed by atoms with Crippen LogP contribution in [0.4, 0.5) is 5.69 Å². The van der Waals surface area contributed by atoms with Crippen molar-refractivity contribution in [2.45, 2.75) is 53.2 Å². The van der Waals surface area contributed by atoms with Crippen LogP contribution < -0.4 is 5.32 Å². The molecule has 1 aliphatic rings. The van der Waals surface area contributed by atoms with E-state index in [1.54, 1.807) is 0 Å². The number of nitrogens with one attached hydrogen (secondary N) is 1. The van der Waals surface area contributed by atoms with Crippen molar-refractivity contribution in [2.75, 3.05) is 11.9 Å². The Morgan fingerprint density at radius 1 is 1.17 bits per heavy atom. The zero-order chi connectivity index (χ0) is 17.4. The van der Waals surface area contributed by atoms with Gasteiger partial charge in [-0.2, -0.15) is 0 Å². The highest BCUT2D eigenvalue weighted by Crippen LogP contribution is 2.26. The van der Waals surface area contributed by atoms with Gasteiger partial charge in [0.15, 0.2) is 0 Å². The zero-order valence-corrected chi connectivity index (χ0v) is 14.5. The van der Waals surface area contributed by atoms with E-state index < -0.39 is 17.6 Å². The lowest BCUT2D eigenvalue weighted by Crippen LogP contribution is -2.47. The number of anilines is 1. The number of aliphatic hydroxyl groups is 1. The molecule has 5 heteroatoms. The molecule has 2 amide bonds. The van der Waals surface area contributed by atoms with Crippen LogP contribution in [0.2, 0.25) is 0 Å². The normalized spacial score (nSPS) is 21.4. The molecule has 126 valence electrons. The molecule has 0 spiro atoms. The number of amides is 2. The molecule has 0 unspecified atom stereocenters. The van der Waals surface area contributed by atoms with E-state index in [4.69, 9.17) is 0 Å². The maximum Gasteiger partial charge on any atom is 0.247 e. The van der Waals surface area contributed by atoms with Crippen LogP contribution in [0.1, 0.15) is 38.3 Å². The summed E-state index contributed by atoms with van der Waals surface area (Å²) in [6.07, 6.45) is -0.380. The molecule has 1 aromatic rings. The minimum Gasteiger partial charge on any atom is -0.391 e. The van der Waals surface area contributed by atoms with Crippen LogP contribution in [0.15, 0.2) is 18.2 Å². The first-order valence-corrected chi connectivity index (χ1v) is 7.96. The standard InChI is InChI=1S/C18H26N2O3/c1-11-6-12(2)8-13(7-11)19-16(22)15-9-14(21)10-20(15)17(23)18(3,4)5/h6-8,14-15,21H,9-10H2,1-5H3,(H,19,22)/t14-,15+/m0/s1. The van der Waals surface area contributed by atoms with Gasteiger partial charge in [-0.1, -0.05) is 26.8 Å². The molecular weight excluding hydrogens is 292 g/mol. The number of hydrogen-bond donors (Lipinski definition) is 2. The Labute approximate surface area is 137 Å². The Balaban J connectivity index is 2.17. The summed E-state index contributed by atoms with van der Waals surface area (Å²) < 4.78 is 0. The molecule has 1 saturated heterocycles. The van der Waals surface area contributed by atoms with Gasteiger partial charge in [0.2, 0.25) is 11.8 Å². The molecule has 23 heavy (non-hydrogen) atoms. The van der Waals surface area contributed by atoms with Crippen molar-refractivity contribution in [1.29, 1.82) is 0 Å². The number of carbonyl (C=O) groups is 2. The van der Waals surface area contributed by atoms with Gasteiger partial charge in [0, 0.05) is 24.1 Å². The van der Waals surface area contributed by atoms with Crippen LogP contribution in [0.3, 0.4) is 0 Å². The molecule has 5 nitrogen and oxygen atoms in total. The summed E-state index contributed by atoms with van der Waals surface area (Å²) in [5.41, 5.74) is 2.27. The quantitative estimate of drug-likeness (QED) is 0.879. The molecule has 1 heterocycles. The highest BCUT2D eigenvalue weighted by atomic mass is 16.3. The van der Waals surface area contributed by atoms with Gasteiger partial charge in [0.05, 0.1) is 6.10 Å². The van der Waals surface area contributed by atoms with E-state index in [1.807, 2.05) is 52.8 Å². The monoisotopic (exact) mass is 318 g/mol. The van der Waals surface area contributed by atoms with E-state index in [9.17, 15) is 14.7 Å². The minimum absolute atomic E-state index is 0.116. The first-order valence-electron chi connectivity index (χ1n) is 7.96. The van der Waals surface area contributed by atoms with Crippen molar-refractivity contribution in [3.8, 4) is 0 Å². The van der Waals surface area contributed by atoms with Crippen LogP contribution in [-0.4, -0.2) is 40.5 Å². The molecule has 0 aromatic heterocycles. The Morgan fingerprint density at radius 2 is 1.74 bits per heavy atom. The van der Waals surface area contributed by atoms with E-state index in [2.05, 4.69) is 5.32 Å². The average Bonchev–Trinajstić information content (AvgIpc) is 2.77. The summed E-state index contributed by atoms with van der Waals surface area (Å²) in [5.74, 6) is -0.362. The topological polar surface area (TPSA) is 69.6 Å². The van der Waals surface area contributed by atoms with E-state index in [1.165, 1.54) is 4.90 Å². The number of likely N-dealkylation sites (tertiary alicyclic amines) is 1. The Morgan fingerprint density at radius 3 is 2.26 bits per heavy atom. The van der Waals surface area contributed by atoms with E-state index in [-0.39, 0.29) is 24.8 Å². The molecule has 1 fully saturated rings. The zero-order valence-electron chi connectivity index (χ0n) is 14.5. The molecular formula is C18H26N2O3. The lowest BCUT2D eigenvalue weighted by molar-refractivity contribution is -0.143. The van der Waals surface area contributed by atoms with E-state index in [0.29, 0.717) is 0 Å². The van der Waals surface area contributed by atoms with Crippen molar-refractivity contribution < 1.29 is 14.7 Å². The van der Waals surface area contributed by atoms with Crippen LogP contribution in [-0.2, 0) is 9.59 Å². The minimum atomic E-state index is -0.656. The van der Waals surface area contributed by atoms with Gasteiger partial charge in [0.25, 0.3) is 0 Å². The van der Waals surface area contributed by atoms with Crippen LogP contribution >= 0.6 is 0 Å². The number of β-amino-alcohol motifs (C(OH)–C–C–N with tert-alkyl or cyclic N) is 1. The summed E-state index contributed by atoms with van der Waals surface area (Å²) in [4.78, 5) is 26.6. The molecule has 2 N–H and O–H groups in total. The first-order chi connectivity index (χ1) is 10.6. The lowest BCUT2D eigenvalue weighted by atomic mass is 9.94. The smallest absolute Gasteiger partial charge is 0.247 e. The molecule has 1 aromatic carbocycles. The van der Waals surface area contributed by atoms with Crippen molar-refractivity contribution in [3.63, 3.8) is 0 Å².